The van der Waals surface area contributed by atoms with E-state index in [-0.39, 0.29) is 125 Å². The van der Waals surface area contributed by atoms with Crippen LogP contribution in [-0.2, 0) is 58.4 Å². The number of rotatable bonds is 10. The molecular formula is C56H69N21O8TbYb+4. The molecule has 6 aliphatic rings. The van der Waals surface area contributed by atoms with Gasteiger partial charge in [0.1, 0.15) is 17.1 Å². The Morgan fingerprint density at radius 3 is 1.13 bits per heavy atom. The Hall–Kier alpha value is -5.61. The molecule has 0 atom stereocenters. The van der Waals surface area contributed by atoms with Gasteiger partial charge in [0.2, 0.25) is 0 Å². The molecule has 0 unspecified atom stereocenters. The number of carboxylic acid groups (broad SMARTS) is 4. The standard InChI is InChI=1S/C56H69N21O8.Tb.Yb/c78-53(79)36-71-15-7-67-8-16-72(37-54(80)81)20-12-69(11-19-71)31-43-23-40(24-44(59-43)33-76-51(27-57-64-76)48-5-1-3-41(29-67)61-48)50-35-75(66-63-50)47-25-45-32-70-13-21-73(38-55(82)83)17-9-68(10-18-74(22-14-70)39-56(84)85)30-42-4-2-6-49(62-42)52-28-58-65-77(52)34-46(26-47)60-45;;/h1-6,23-28,35H,7-22,29-34,36-39H2,(H,78,79)(H,80,81)(H,82,83)(H,84,85);;/q;+4;/i;;1+3. The van der Waals surface area contributed by atoms with E-state index in [2.05, 4.69) is 40.2 Å². The zero-order valence-corrected chi connectivity index (χ0v) is 51.7. The molecule has 7 aromatic rings. The van der Waals surface area contributed by atoms with E-state index in [0.29, 0.717) is 193 Å². The number of hydrogen-bond acceptors (Lipinski definition) is 22. The topological polar surface area (TPSA) is 319 Å². The first-order valence-corrected chi connectivity index (χ1v) is 28.5. The molecule has 12 bridgehead atoms. The van der Waals surface area contributed by atoms with Gasteiger partial charge in [-0.25, -0.2) is 24.0 Å². The summed E-state index contributed by atoms with van der Waals surface area (Å²) in [5.74, 6) is -3.70. The number of carbonyl (C=O) groups is 4. The fourth-order valence-corrected chi connectivity index (χ4v) is 11.4. The van der Waals surface area contributed by atoms with Gasteiger partial charge in [-0.1, -0.05) is 27.8 Å². The van der Waals surface area contributed by atoms with Crippen molar-refractivity contribution in [2.24, 2.45) is 0 Å². The smallest absolute Gasteiger partial charge is 0.480 e. The zero-order valence-electron chi connectivity index (χ0n) is 47.8. The Balaban J connectivity index is 0.00000451. The molecule has 0 spiro atoms. The third-order valence-electron chi connectivity index (χ3n) is 15.7. The molecule has 31 heteroatoms. The number of aliphatic carboxylic acids is 4. The van der Waals surface area contributed by atoms with Gasteiger partial charge >= 0.3 is 62.5 Å². The van der Waals surface area contributed by atoms with Crippen LogP contribution in [0.1, 0.15) is 34.2 Å². The van der Waals surface area contributed by atoms with Crippen LogP contribution in [0.4, 0.5) is 0 Å². The van der Waals surface area contributed by atoms with Crippen molar-refractivity contribution in [3.63, 3.8) is 0 Å². The van der Waals surface area contributed by atoms with Gasteiger partial charge in [0.25, 0.3) is 0 Å². The second-order valence-corrected chi connectivity index (χ2v) is 22.1. The number of fused-ring (bicyclic) bond motifs is 16. The number of nitrogens with zero attached hydrogens (tertiary/aromatic N) is 21. The predicted octanol–water partition coefficient (Wildman–Crippen LogP) is -0.0633. The SMILES string of the molecule is O=C(O)CN1CCN2CCN(CC(=O)O)CCN(CC1)Cc1cccc(n1)-c1cnnn1Cc1cc(-c3cn(-c4cc5nc(c4)Cn4nncc4-c4cccc(n4)CN4CCN(CC(=O)O)CCN(CCN(CC(=O)O)CC4)C5)nn3)cc(n1)C2.[176Yb].[Tb+4]. The molecule has 13 rings (SSSR count). The molecule has 2 saturated heterocycles. The van der Waals surface area contributed by atoms with E-state index in [1.54, 1.807) is 26.4 Å². The summed E-state index contributed by atoms with van der Waals surface area (Å²) in [5, 5.41) is 67.3. The fourth-order valence-electron chi connectivity index (χ4n) is 11.4. The van der Waals surface area contributed by atoms with Crippen LogP contribution >= 0.6 is 0 Å². The van der Waals surface area contributed by atoms with E-state index in [0.717, 1.165) is 11.4 Å². The molecule has 7 aromatic heterocycles. The first kappa shape index (κ1) is 65.8. The van der Waals surface area contributed by atoms with Gasteiger partial charge in [0.05, 0.1) is 109 Å². The Bertz CT molecular complexity index is 3210. The van der Waals surface area contributed by atoms with Crippen LogP contribution in [0.3, 0.4) is 0 Å². The Labute approximate surface area is 571 Å². The second-order valence-electron chi connectivity index (χ2n) is 22.1. The summed E-state index contributed by atoms with van der Waals surface area (Å²) in [6.07, 6.45) is 5.19. The van der Waals surface area contributed by atoms with Crippen LogP contribution in [0.25, 0.3) is 39.7 Å². The maximum atomic E-state index is 12.3. The van der Waals surface area contributed by atoms with Crippen molar-refractivity contribution >= 4 is 23.9 Å². The van der Waals surface area contributed by atoms with Crippen LogP contribution in [0.5, 0.6) is 0 Å². The normalized spacial score (nSPS) is 20.5. The first-order valence-electron chi connectivity index (χ1n) is 28.5. The predicted molar refractivity (Wildman–Crippen MR) is 305 cm³/mol. The van der Waals surface area contributed by atoms with Gasteiger partial charge in [0.15, 0.2) is 0 Å². The van der Waals surface area contributed by atoms with E-state index < -0.39 is 23.9 Å². The van der Waals surface area contributed by atoms with Gasteiger partial charge in [-0.3, -0.25) is 68.3 Å². The molecule has 6 aliphatic heterocycles. The van der Waals surface area contributed by atoms with Gasteiger partial charge in [-0.2, -0.15) is 0 Å². The number of aromatic nitrogens is 13. The fraction of sp³-hybridized carbons (Fsp3) is 0.464. The molecule has 0 aromatic carbocycles. The Morgan fingerprint density at radius 2 is 0.747 bits per heavy atom. The molecule has 465 valence electrons. The molecule has 4 N–H and O–H groups in total. The van der Waals surface area contributed by atoms with Crippen LogP contribution < -0.4 is 0 Å². The molecule has 87 heavy (non-hydrogen) atoms. The molecule has 2 fully saturated rings. The maximum Gasteiger partial charge on any atom is 4.00 e. The summed E-state index contributed by atoms with van der Waals surface area (Å²) >= 11 is 0. The first-order chi connectivity index (χ1) is 41.2. The summed E-state index contributed by atoms with van der Waals surface area (Å²) in [6, 6.07) is 19.4. The van der Waals surface area contributed by atoms with Gasteiger partial charge in [-0.05, 0) is 48.5 Å². The summed E-state index contributed by atoms with van der Waals surface area (Å²) in [4.78, 5) is 86.1. The van der Waals surface area contributed by atoms with Crippen molar-refractivity contribution in [2.45, 2.75) is 39.3 Å². The van der Waals surface area contributed by atoms with Gasteiger partial charge in [-0.15, -0.1) is 15.3 Å². The van der Waals surface area contributed by atoms with Crippen LogP contribution in [0, 0.1) is 85.5 Å². The van der Waals surface area contributed by atoms with Gasteiger partial charge < -0.3 is 20.4 Å². The van der Waals surface area contributed by atoms with Crippen molar-refractivity contribution in [1.82, 2.24) is 104 Å². The van der Waals surface area contributed by atoms with Crippen molar-refractivity contribution < 1.29 is 125 Å². The zero-order chi connectivity index (χ0) is 58.8. The van der Waals surface area contributed by atoms with Crippen molar-refractivity contribution in [1.29, 1.82) is 0 Å². The largest absolute Gasteiger partial charge is 4.00 e. The molecular weight excluding hydrogens is 1430 g/mol. The molecule has 1 radical (unpaired) electrons. The molecule has 0 aliphatic carbocycles. The van der Waals surface area contributed by atoms with Crippen molar-refractivity contribution in [3.05, 3.63) is 113 Å². The van der Waals surface area contributed by atoms with Crippen LogP contribution in [0.2, 0.25) is 0 Å². The number of pyridine rings is 4. The minimum atomic E-state index is -0.925. The maximum absolute atomic E-state index is 12.3. The van der Waals surface area contributed by atoms with E-state index >= 15 is 0 Å². The third kappa shape index (κ3) is 18.5. The summed E-state index contributed by atoms with van der Waals surface area (Å²) in [7, 11) is 0. The Kier molecular flexibility index (Phi) is 23.6. The van der Waals surface area contributed by atoms with Crippen LogP contribution in [-0.4, -0.2) is 279 Å². The van der Waals surface area contributed by atoms with E-state index in [9.17, 15) is 39.6 Å². The second kappa shape index (κ2) is 31.2. The minimum Gasteiger partial charge on any atom is -0.480 e. The molecule has 29 nitrogen and oxygen atoms in total. The Morgan fingerprint density at radius 1 is 0.402 bits per heavy atom. The monoisotopic (exact) mass is 1500 g/mol. The molecule has 0 saturated carbocycles. The minimum absolute atomic E-state index is 0. The van der Waals surface area contributed by atoms with E-state index in [4.69, 9.17) is 30.2 Å². The summed E-state index contributed by atoms with van der Waals surface area (Å²) < 4.78 is 5.24. The average molecular weight is 1500 g/mol. The summed E-state index contributed by atoms with van der Waals surface area (Å²) in [6.45, 7) is 9.12. The van der Waals surface area contributed by atoms with Crippen LogP contribution in [0.15, 0.2) is 79.3 Å². The summed E-state index contributed by atoms with van der Waals surface area (Å²) in [5.41, 5.74) is 8.76. The number of hydrogen-bond donors (Lipinski definition) is 4. The van der Waals surface area contributed by atoms with E-state index in [1.165, 1.54) is 0 Å². The van der Waals surface area contributed by atoms with Crippen molar-refractivity contribution in [2.75, 3.05) is 131 Å². The molecule has 0 amide bonds. The van der Waals surface area contributed by atoms with Crippen molar-refractivity contribution in [3.8, 4) is 39.7 Å². The number of carboxylic acids is 4. The third-order valence-corrected chi connectivity index (χ3v) is 15.7. The van der Waals surface area contributed by atoms with Gasteiger partial charge in [0, 0.05) is 183 Å². The average Bonchev–Trinajstić information content (AvgIpc) is 4.25. The van der Waals surface area contributed by atoms with E-state index in [1.807, 2.05) is 86.5 Å². The quantitative estimate of drug-likeness (QED) is 0.139. The molecule has 13 heterocycles.